The first kappa shape index (κ1) is 9.02. The van der Waals surface area contributed by atoms with Crippen LogP contribution in [0.15, 0.2) is 12.1 Å². The number of nitrogens with one attached hydrogen (secondary N) is 1. The maximum Gasteiger partial charge on any atom is 0.425 e. The molecular weight excluding hydrogens is 199 g/mol. The van der Waals surface area contributed by atoms with Crippen molar-refractivity contribution in [3.05, 3.63) is 21.9 Å². The number of halogens is 3. The Morgan fingerprint density at radius 1 is 1.38 bits per heavy atom. The summed E-state index contributed by atoms with van der Waals surface area (Å²) in [7, 11) is 0. The van der Waals surface area contributed by atoms with Gasteiger partial charge in [0.15, 0.2) is 0 Å². The normalized spacial score (nSPS) is 22.8. The van der Waals surface area contributed by atoms with Gasteiger partial charge in [-0.15, -0.1) is 11.3 Å². The monoisotopic (exact) mass is 207 g/mol. The number of rotatable bonds is 1. The molecule has 0 spiro atoms. The van der Waals surface area contributed by atoms with E-state index < -0.39 is 11.1 Å². The van der Waals surface area contributed by atoms with Crippen LogP contribution in [0.2, 0.25) is 0 Å². The second-order valence-electron chi connectivity index (χ2n) is 3.00. The third-order valence-corrected chi connectivity index (χ3v) is 3.32. The molecule has 1 atom stereocenters. The molecule has 1 aromatic heterocycles. The quantitative estimate of drug-likeness (QED) is 0.746. The van der Waals surface area contributed by atoms with E-state index in [0.29, 0.717) is 0 Å². The molecule has 5 heteroatoms. The number of alkyl halides is 3. The molecule has 0 bridgehead atoms. The average Bonchev–Trinajstić information content (AvgIpc) is 2.29. The molecule has 1 fully saturated rings. The van der Waals surface area contributed by atoms with Crippen molar-refractivity contribution in [2.75, 3.05) is 6.54 Å². The highest BCUT2D eigenvalue weighted by molar-refractivity contribution is 7.12. The number of hydrogen-bond donors (Lipinski definition) is 1. The third kappa shape index (κ3) is 1.71. The van der Waals surface area contributed by atoms with Crippen LogP contribution in [0.5, 0.6) is 0 Å². The number of thiophene rings is 1. The van der Waals surface area contributed by atoms with Crippen molar-refractivity contribution in [1.82, 2.24) is 5.32 Å². The molecule has 1 saturated heterocycles. The van der Waals surface area contributed by atoms with Crippen molar-refractivity contribution in [2.45, 2.75) is 18.6 Å². The standard InChI is InChI=1S/C8H8F3NS/c9-8(10,11)7-2-1-6(13-7)5-3-4-12-5/h1-2,5,12H,3-4H2. The summed E-state index contributed by atoms with van der Waals surface area (Å²) in [5.41, 5.74) is 0. The van der Waals surface area contributed by atoms with Crippen molar-refractivity contribution < 1.29 is 13.2 Å². The molecule has 1 N–H and O–H groups in total. The molecule has 1 nitrogen and oxygen atoms in total. The topological polar surface area (TPSA) is 12.0 Å². The van der Waals surface area contributed by atoms with Gasteiger partial charge in [0.05, 0.1) is 0 Å². The van der Waals surface area contributed by atoms with Gasteiger partial charge >= 0.3 is 6.18 Å². The fourth-order valence-electron chi connectivity index (χ4n) is 1.22. The zero-order valence-corrected chi connectivity index (χ0v) is 7.50. The van der Waals surface area contributed by atoms with E-state index in [2.05, 4.69) is 5.32 Å². The Balaban J connectivity index is 2.17. The van der Waals surface area contributed by atoms with E-state index in [9.17, 15) is 13.2 Å². The Morgan fingerprint density at radius 3 is 2.46 bits per heavy atom. The van der Waals surface area contributed by atoms with E-state index >= 15 is 0 Å². The molecule has 1 unspecified atom stereocenters. The maximum atomic E-state index is 12.2. The molecule has 1 aliphatic rings. The highest BCUT2D eigenvalue weighted by Gasteiger charge is 2.33. The van der Waals surface area contributed by atoms with E-state index in [1.54, 1.807) is 6.07 Å². The first-order chi connectivity index (χ1) is 6.07. The summed E-state index contributed by atoms with van der Waals surface area (Å²) in [4.78, 5) is 0.287. The van der Waals surface area contributed by atoms with Crippen LogP contribution in [0.4, 0.5) is 13.2 Å². The zero-order chi connectivity index (χ0) is 9.47. The second-order valence-corrected chi connectivity index (χ2v) is 4.11. The predicted octanol–water partition coefficient (Wildman–Crippen LogP) is 2.80. The Hall–Kier alpha value is -0.550. The third-order valence-electron chi connectivity index (χ3n) is 2.07. The minimum absolute atomic E-state index is 0.154. The molecule has 0 saturated carbocycles. The first-order valence-electron chi connectivity index (χ1n) is 3.98. The smallest absolute Gasteiger partial charge is 0.309 e. The summed E-state index contributed by atoms with van der Waals surface area (Å²) in [6, 6.07) is 2.87. The Bertz CT molecular complexity index is 301. The van der Waals surface area contributed by atoms with Crippen molar-refractivity contribution in [1.29, 1.82) is 0 Å². The van der Waals surface area contributed by atoms with Gasteiger partial charge in [-0.3, -0.25) is 0 Å². The molecule has 0 amide bonds. The van der Waals surface area contributed by atoms with Gasteiger partial charge in [0.25, 0.3) is 0 Å². The highest BCUT2D eigenvalue weighted by atomic mass is 32.1. The lowest BCUT2D eigenvalue weighted by atomic mass is 10.1. The molecule has 72 valence electrons. The summed E-state index contributed by atoms with van der Waals surface area (Å²) >= 11 is 0.836. The summed E-state index contributed by atoms with van der Waals surface area (Å²) in [6.45, 7) is 0.907. The van der Waals surface area contributed by atoms with Gasteiger partial charge in [0, 0.05) is 10.9 Å². The zero-order valence-electron chi connectivity index (χ0n) is 6.69. The Morgan fingerprint density at radius 2 is 2.08 bits per heavy atom. The SMILES string of the molecule is FC(F)(F)c1ccc(C2CCN2)s1. The van der Waals surface area contributed by atoms with Gasteiger partial charge in [0.2, 0.25) is 0 Å². The van der Waals surface area contributed by atoms with E-state index in [1.165, 1.54) is 0 Å². The van der Waals surface area contributed by atoms with Crippen molar-refractivity contribution in [3.63, 3.8) is 0 Å². The molecule has 2 rings (SSSR count). The van der Waals surface area contributed by atoms with E-state index in [1.807, 2.05) is 0 Å². The summed E-state index contributed by atoms with van der Waals surface area (Å²) in [6.07, 6.45) is -3.25. The van der Waals surface area contributed by atoms with Crippen LogP contribution in [0.3, 0.4) is 0 Å². The molecule has 0 aliphatic carbocycles. The van der Waals surface area contributed by atoms with Gasteiger partial charge in [-0.05, 0) is 25.1 Å². The van der Waals surface area contributed by atoms with Crippen LogP contribution in [0.1, 0.15) is 22.2 Å². The molecular formula is C8H8F3NS. The van der Waals surface area contributed by atoms with E-state index in [4.69, 9.17) is 0 Å². The Labute approximate surface area is 77.6 Å². The van der Waals surface area contributed by atoms with Crippen LogP contribution in [0, 0.1) is 0 Å². The van der Waals surface area contributed by atoms with Gasteiger partial charge in [-0.25, -0.2) is 0 Å². The molecule has 13 heavy (non-hydrogen) atoms. The van der Waals surface area contributed by atoms with Gasteiger partial charge in [-0.1, -0.05) is 0 Å². The van der Waals surface area contributed by atoms with Gasteiger partial charge in [-0.2, -0.15) is 13.2 Å². The fourth-order valence-corrected chi connectivity index (χ4v) is 2.21. The van der Waals surface area contributed by atoms with Crippen molar-refractivity contribution >= 4 is 11.3 Å². The number of hydrogen-bond acceptors (Lipinski definition) is 2. The lowest BCUT2D eigenvalue weighted by molar-refractivity contribution is -0.134. The molecule has 1 aromatic rings. The summed E-state index contributed by atoms with van der Waals surface area (Å²) in [5, 5.41) is 3.07. The second kappa shape index (κ2) is 2.99. The fraction of sp³-hybridized carbons (Fsp3) is 0.500. The lowest BCUT2D eigenvalue weighted by Crippen LogP contribution is -2.34. The molecule has 0 radical (unpaired) electrons. The lowest BCUT2D eigenvalue weighted by Gasteiger charge is -2.26. The summed E-state index contributed by atoms with van der Waals surface area (Å²) in [5.74, 6) is 0. The molecule has 1 aliphatic heterocycles. The van der Waals surface area contributed by atoms with Crippen molar-refractivity contribution in [2.24, 2.45) is 0 Å². The minimum atomic E-state index is -4.19. The molecule has 2 heterocycles. The van der Waals surface area contributed by atoms with Gasteiger partial charge < -0.3 is 5.32 Å². The van der Waals surface area contributed by atoms with Crippen LogP contribution in [-0.2, 0) is 6.18 Å². The predicted molar refractivity (Wildman–Crippen MR) is 44.7 cm³/mol. The Kier molecular flexibility index (Phi) is 2.08. The summed E-state index contributed by atoms with van der Waals surface area (Å²) < 4.78 is 36.5. The van der Waals surface area contributed by atoms with Crippen LogP contribution >= 0.6 is 11.3 Å². The highest BCUT2D eigenvalue weighted by Crippen LogP contribution is 2.38. The van der Waals surface area contributed by atoms with Crippen LogP contribution in [0.25, 0.3) is 0 Å². The maximum absolute atomic E-state index is 12.2. The first-order valence-corrected chi connectivity index (χ1v) is 4.79. The van der Waals surface area contributed by atoms with Crippen LogP contribution in [-0.4, -0.2) is 6.54 Å². The van der Waals surface area contributed by atoms with E-state index in [-0.39, 0.29) is 6.04 Å². The van der Waals surface area contributed by atoms with Crippen molar-refractivity contribution in [3.8, 4) is 0 Å². The largest absolute Gasteiger partial charge is 0.425 e. The van der Waals surface area contributed by atoms with Gasteiger partial charge in [0.1, 0.15) is 4.88 Å². The molecule has 0 aromatic carbocycles. The van der Waals surface area contributed by atoms with Crippen LogP contribution < -0.4 is 5.32 Å². The minimum Gasteiger partial charge on any atom is -0.309 e. The van der Waals surface area contributed by atoms with E-state index in [0.717, 1.165) is 35.2 Å². The average molecular weight is 207 g/mol.